The number of rotatable bonds is 2. The Morgan fingerprint density at radius 2 is 1.85 bits per heavy atom. The monoisotopic (exact) mass is 399 g/mol. The zero-order valence-electron chi connectivity index (χ0n) is 10.2. The molecule has 0 radical (unpaired) electrons. The van der Waals surface area contributed by atoms with Gasteiger partial charge in [0.25, 0.3) is 10.0 Å². The Morgan fingerprint density at radius 3 is 2.55 bits per heavy atom. The van der Waals surface area contributed by atoms with Crippen molar-refractivity contribution in [2.24, 2.45) is 0 Å². The summed E-state index contributed by atoms with van der Waals surface area (Å²) in [5, 5.41) is 0.703. The van der Waals surface area contributed by atoms with Crippen LogP contribution in [-0.2, 0) is 10.0 Å². The summed E-state index contributed by atoms with van der Waals surface area (Å²) in [6, 6.07) is 11.7. The summed E-state index contributed by atoms with van der Waals surface area (Å²) in [4.78, 5) is 4.38. The number of anilines is 1. The van der Waals surface area contributed by atoms with E-state index in [1.54, 1.807) is 42.5 Å². The van der Waals surface area contributed by atoms with Crippen LogP contribution in [0.1, 0.15) is 0 Å². The number of fused-ring (bicyclic) bond motifs is 1. The third kappa shape index (κ3) is 2.06. The zero-order chi connectivity index (χ0) is 14.3. The summed E-state index contributed by atoms with van der Waals surface area (Å²) in [5.74, 6) is 0. The molecule has 102 valence electrons. The standard InChI is InChI=1S/C13H10IN3O2S/c14-12-7-9-6-10(15)8-16-13(9)17(12)20(18,19)11-4-2-1-3-5-11/h1-8H,15H2. The normalized spacial score (nSPS) is 11.8. The first kappa shape index (κ1) is 13.4. The zero-order valence-corrected chi connectivity index (χ0v) is 13.2. The van der Waals surface area contributed by atoms with Gasteiger partial charge in [-0.2, -0.15) is 0 Å². The van der Waals surface area contributed by atoms with Crippen LogP contribution in [0.15, 0.2) is 53.6 Å². The molecule has 0 bridgehead atoms. The lowest BCUT2D eigenvalue weighted by atomic mass is 10.3. The molecule has 3 aromatic rings. The average Bonchev–Trinajstić information content (AvgIpc) is 2.75. The summed E-state index contributed by atoms with van der Waals surface area (Å²) in [7, 11) is -3.66. The van der Waals surface area contributed by atoms with Gasteiger partial charge in [0.15, 0.2) is 5.65 Å². The Bertz CT molecular complexity index is 889. The van der Waals surface area contributed by atoms with E-state index in [4.69, 9.17) is 5.73 Å². The van der Waals surface area contributed by atoms with Crippen LogP contribution in [-0.4, -0.2) is 17.4 Å². The van der Waals surface area contributed by atoms with Gasteiger partial charge in [0.1, 0.15) is 0 Å². The first-order valence-corrected chi connectivity index (χ1v) is 8.25. The van der Waals surface area contributed by atoms with Gasteiger partial charge < -0.3 is 5.73 Å². The van der Waals surface area contributed by atoms with Gasteiger partial charge >= 0.3 is 0 Å². The van der Waals surface area contributed by atoms with Crippen molar-refractivity contribution < 1.29 is 8.42 Å². The third-order valence-corrected chi connectivity index (χ3v) is 5.70. The molecule has 2 N–H and O–H groups in total. The maximum atomic E-state index is 12.7. The number of pyridine rings is 1. The Kier molecular flexibility index (Phi) is 3.17. The molecule has 3 rings (SSSR count). The maximum Gasteiger partial charge on any atom is 0.270 e. The summed E-state index contributed by atoms with van der Waals surface area (Å²) in [6.07, 6.45) is 1.45. The third-order valence-electron chi connectivity index (χ3n) is 2.86. The van der Waals surface area contributed by atoms with E-state index in [0.29, 0.717) is 20.4 Å². The number of hydrogen-bond acceptors (Lipinski definition) is 4. The highest BCUT2D eigenvalue weighted by molar-refractivity contribution is 14.1. The lowest BCUT2D eigenvalue weighted by molar-refractivity contribution is 0.588. The topological polar surface area (TPSA) is 78.0 Å². The molecule has 0 unspecified atom stereocenters. The molecular weight excluding hydrogens is 389 g/mol. The smallest absolute Gasteiger partial charge is 0.270 e. The molecule has 0 atom stereocenters. The van der Waals surface area contributed by atoms with E-state index in [9.17, 15) is 8.42 Å². The molecule has 2 heterocycles. The van der Waals surface area contributed by atoms with Gasteiger partial charge in [0.05, 0.1) is 20.5 Å². The number of benzene rings is 1. The predicted octanol–water partition coefficient (Wildman–Crippen LogP) is 2.46. The van der Waals surface area contributed by atoms with E-state index < -0.39 is 10.0 Å². The number of hydrogen-bond donors (Lipinski definition) is 1. The average molecular weight is 399 g/mol. The highest BCUT2D eigenvalue weighted by atomic mass is 127. The summed E-state index contributed by atoms with van der Waals surface area (Å²) in [5.41, 5.74) is 6.56. The van der Waals surface area contributed by atoms with E-state index in [1.807, 2.05) is 22.6 Å². The molecule has 1 aromatic carbocycles. The molecular formula is C13H10IN3O2S. The minimum atomic E-state index is -3.66. The van der Waals surface area contributed by atoms with Crippen LogP contribution >= 0.6 is 22.6 Å². The molecule has 0 aliphatic heterocycles. The fourth-order valence-corrected chi connectivity index (χ4v) is 4.70. The summed E-state index contributed by atoms with van der Waals surface area (Å²) in [6.45, 7) is 0. The molecule has 0 aliphatic carbocycles. The first-order valence-electron chi connectivity index (χ1n) is 5.73. The molecule has 0 saturated carbocycles. The summed E-state index contributed by atoms with van der Waals surface area (Å²) < 4.78 is 27.2. The van der Waals surface area contributed by atoms with Gasteiger partial charge in [-0.05, 0) is 46.9 Å². The van der Waals surface area contributed by atoms with Crippen molar-refractivity contribution in [2.75, 3.05) is 5.73 Å². The van der Waals surface area contributed by atoms with Crippen molar-refractivity contribution in [1.82, 2.24) is 8.96 Å². The van der Waals surface area contributed by atoms with Crippen LogP contribution in [0.5, 0.6) is 0 Å². The predicted molar refractivity (Wildman–Crippen MR) is 85.9 cm³/mol. The molecule has 7 heteroatoms. The number of nitrogens with zero attached hydrogens (tertiary/aromatic N) is 2. The molecule has 0 amide bonds. The van der Waals surface area contributed by atoms with Crippen LogP contribution in [0.25, 0.3) is 11.0 Å². The van der Waals surface area contributed by atoms with Crippen molar-refractivity contribution >= 4 is 49.3 Å². The van der Waals surface area contributed by atoms with Gasteiger partial charge in [0.2, 0.25) is 0 Å². The Hall–Kier alpha value is -1.61. The largest absolute Gasteiger partial charge is 0.397 e. The second-order valence-electron chi connectivity index (χ2n) is 4.23. The fraction of sp³-hybridized carbons (Fsp3) is 0. The molecule has 0 saturated heterocycles. The lowest BCUT2D eigenvalue weighted by Crippen LogP contribution is -2.14. The van der Waals surface area contributed by atoms with Crippen LogP contribution in [0, 0.1) is 3.70 Å². The van der Waals surface area contributed by atoms with Crippen molar-refractivity contribution in [2.45, 2.75) is 4.90 Å². The molecule has 0 fully saturated rings. The minimum Gasteiger partial charge on any atom is -0.397 e. The number of halogens is 1. The number of nitrogen functional groups attached to an aromatic ring is 1. The maximum absolute atomic E-state index is 12.7. The van der Waals surface area contributed by atoms with E-state index in [0.717, 1.165) is 0 Å². The first-order chi connectivity index (χ1) is 9.50. The van der Waals surface area contributed by atoms with Crippen LogP contribution in [0.3, 0.4) is 0 Å². The minimum absolute atomic E-state index is 0.231. The number of aromatic nitrogens is 2. The van der Waals surface area contributed by atoms with Gasteiger partial charge in [-0.15, -0.1) is 0 Å². The van der Waals surface area contributed by atoms with Gasteiger partial charge in [-0.1, -0.05) is 18.2 Å². The van der Waals surface area contributed by atoms with Crippen LogP contribution in [0.2, 0.25) is 0 Å². The van der Waals surface area contributed by atoms with Crippen molar-refractivity contribution in [3.8, 4) is 0 Å². The van der Waals surface area contributed by atoms with E-state index in [2.05, 4.69) is 4.98 Å². The van der Waals surface area contributed by atoms with E-state index in [-0.39, 0.29) is 4.90 Å². The fourth-order valence-electron chi connectivity index (χ4n) is 1.98. The van der Waals surface area contributed by atoms with Crippen LogP contribution in [0.4, 0.5) is 5.69 Å². The molecule has 20 heavy (non-hydrogen) atoms. The number of nitrogens with two attached hydrogens (primary N) is 1. The Balaban J connectivity index is 2.32. The molecule has 5 nitrogen and oxygen atoms in total. The van der Waals surface area contributed by atoms with Crippen LogP contribution < -0.4 is 5.73 Å². The van der Waals surface area contributed by atoms with Crippen molar-refractivity contribution in [3.63, 3.8) is 0 Å². The van der Waals surface area contributed by atoms with Gasteiger partial charge in [0, 0.05) is 5.39 Å². The quantitative estimate of drug-likeness (QED) is 0.672. The second-order valence-corrected chi connectivity index (χ2v) is 7.12. The SMILES string of the molecule is Nc1cnc2c(c1)cc(I)n2S(=O)(=O)c1ccccc1. The molecule has 0 aliphatic rings. The molecule has 2 aromatic heterocycles. The highest BCUT2D eigenvalue weighted by Gasteiger charge is 2.22. The van der Waals surface area contributed by atoms with Gasteiger partial charge in [-0.3, -0.25) is 0 Å². The van der Waals surface area contributed by atoms with Gasteiger partial charge in [-0.25, -0.2) is 17.4 Å². The van der Waals surface area contributed by atoms with Crippen molar-refractivity contribution in [3.05, 3.63) is 52.4 Å². The van der Waals surface area contributed by atoms with E-state index in [1.165, 1.54) is 10.2 Å². The molecule has 0 spiro atoms. The second kappa shape index (κ2) is 4.74. The Labute approximate surface area is 129 Å². The summed E-state index contributed by atoms with van der Waals surface area (Å²) >= 11 is 1.98. The Morgan fingerprint density at radius 1 is 1.15 bits per heavy atom. The lowest BCUT2D eigenvalue weighted by Gasteiger charge is -2.08. The highest BCUT2D eigenvalue weighted by Crippen LogP contribution is 2.26. The van der Waals surface area contributed by atoms with Crippen molar-refractivity contribution in [1.29, 1.82) is 0 Å². The van der Waals surface area contributed by atoms with E-state index >= 15 is 0 Å².